The summed E-state index contributed by atoms with van der Waals surface area (Å²) < 4.78 is 5.97. The second-order valence-corrected chi connectivity index (χ2v) is 5.09. The Morgan fingerprint density at radius 2 is 1.60 bits per heavy atom. The second kappa shape index (κ2) is 5.06. The Morgan fingerprint density at radius 3 is 2.40 bits per heavy atom. The highest BCUT2D eigenvalue weighted by Crippen LogP contribution is 2.36. The Bertz CT molecular complexity index is 783. The zero-order valence-electron chi connectivity index (χ0n) is 11.1. The number of nitrogens with two attached hydrogens (primary N) is 1. The molecule has 0 atom stereocenters. The molecule has 3 aromatic rings. The van der Waals surface area contributed by atoms with Gasteiger partial charge in [-0.2, -0.15) is 0 Å². The van der Waals surface area contributed by atoms with Gasteiger partial charge in [0.15, 0.2) is 5.75 Å². The van der Waals surface area contributed by atoms with Crippen LogP contribution in [0.5, 0.6) is 11.5 Å². The van der Waals surface area contributed by atoms with Crippen LogP contribution < -0.4 is 10.5 Å². The number of halogens is 1. The number of rotatable bonds is 2. The summed E-state index contributed by atoms with van der Waals surface area (Å²) in [4.78, 5) is 0. The van der Waals surface area contributed by atoms with E-state index in [1.807, 2.05) is 61.5 Å². The molecular weight excluding hydrogens is 270 g/mol. The molecule has 0 aliphatic carbocycles. The van der Waals surface area contributed by atoms with Crippen LogP contribution in [0.15, 0.2) is 54.6 Å². The van der Waals surface area contributed by atoms with E-state index < -0.39 is 0 Å². The summed E-state index contributed by atoms with van der Waals surface area (Å²) in [7, 11) is 0. The van der Waals surface area contributed by atoms with Crippen molar-refractivity contribution >= 4 is 28.1 Å². The van der Waals surface area contributed by atoms with Crippen molar-refractivity contribution in [2.45, 2.75) is 6.92 Å². The van der Waals surface area contributed by atoms with E-state index in [1.165, 1.54) is 0 Å². The summed E-state index contributed by atoms with van der Waals surface area (Å²) in [5, 5.41) is 2.66. The molecule has 0 fully saturated rings. The molecule has 3 aromatic carbocycles. The van der Waals surface area contributed by atoms with Crippen LogP contribution in [0.4, 0.5) is 5.69 Å². The first-order valence-electron chi connectivity index (χ1n) is 6.37. The Labute approximate surface area is 122 Å². The van der Waals surface area contributed by atoms with Crippen molar-refractivity contribution in [3.63, 3.8) is 0 Å². The molecule has 0 radical (unpaired) electrons. The lowest BCUT2D eigenvalue weighted by molar-refractivity contribution is 0.490. The number of aryl methyl sites for hydroxylation is 1. The predicted molar refractivity (Wildman–Crippen MR) is 84.6 cm³/mol. The van der Waals surface area contributed by atoms with Gasteiger partial charge in [-0.3, -0.25) is 0 Å². The van der Waals surface area contributed by atoms with Gasteiger partial charge in [-0.15, -0.1) is 0 Å². The molecule has 0 unspecified atom stereocenters. The molecule has 0 saturated carbocycles. The molecular formula is C17H14ClNO. The number of hydrogen-bond acceptors (Lipinski definition) is 2. The van der Waals surface area contributed by atoms with E-state index in [1.54, 1.807) is 0 Å². The van der Waals surface area contributed by atoms with Crippen LogP contribution in [-0.2, 0) is 0 Å². The van der Waals surface area contributed by atoms with Gasteiger partial charge < -0.3 is 10.5 Å². The van der Waals surface area contributed by atoms with Gasteiger partial charge in [0.1, 0.15) is 5.75 Å². The van der Waals surface area contributed by atoms with E-state index in [0.717, 1.165) is 22.1 Å². The zero-order chi connectivity index (χ0) is 14.1. The summed E-state index contributed by atoms with van der Waals surface area (Å²) in [6.07, 6.45) is 0. The van der Waals surface area contributed by atoms with Crippen molar-refractivity contribution in [2.24, 2.45) is 0 Å². The van der Waals surface area contributed by atoms with Crippen LogP contribution in [-0.4, -0.2) is 0 Å². The Morgan fingerprint density at radius 1 is 0.850 bits per heavy atom. The third-order valence-electron chi connectivity index (χ3n) is 3.33. The maximum absolute atomic E-state index is 6.21. The highest BCUT2D eigenvalue weighted by atomic mass is 35.5. The average Bonchev–Trinajstić information content (AvgIpc) is 2.47. The molecule has 20 heavy (non-hydrogen) atoms. The summed E-state index contributed by atoms with van der Waals surface area (Å²) in [5.41, 5.74) is 7.71. The minimum absolute atomic E-state index is 0.659. The Hall–Kier alpha value is -2.19. The third-order valence-corrected chi connectivity index (χ3v) is 3.66. The largest absolute Gasteiger partial charge is 0.455 e. The molecule has 0 saturated heterocycles. The van der Waals surface area contributed by atoms with Gasteiger partial charge in [-0.05, 0) is 30.7 Å². The minimum Gasteiger partial charge on any atom is -0.455 e. The minimum atomic E-state index is 0.659. The van der Waals surface area contributed by atoms with Crippen LogP contribution in [0, 0.1) is 6.92 Å². The third kappa shape index (κ3) is 2.19. The van der Waals surface area contributed by atoms with Crippen molar-refractivity contribution in [1.82, 2.24) is 0 Å². The molecule has 3 rings (SSSR count). The maximum Gasteiger partial charge on any atom is 0.150 e. The first-order chi connectivity index (χ1) is 9.66. The summed E-state index contributed by atoms with van der Waals surface area (Å²) in [5.74, 6) is 1.42. The van der Waals surface area contributed by atoms with Crippen LogP contribution in [0.3, 0.4) is 0 Å². The van der Waals surface area contributed by atoms with E-state index in [9.17, 15) is 0 Å². The lowest BCUT2D eigenvalue weighted by Gasteiger charge is -2.12. The van der Waals surface area contributed by atoms with Gasteiger partial charge >= 0.3 is 0 Å². The number of ether oxygens (including phenoxy) is 1. The van der Waals surface area contributed by atoms with Crippen molar-refractivity contribution in [2.75, 3.05) is 5.73 Å². The summed E-state index contributed by atoms with van der Waals surface area (Å²) >= 11 is 6.21. The standard InChI is InChI=1S/C17H14ClNO/c1-11-5-4-8-16(17(11)19)20-15-10-9-14(18)12-6-2-3-7-13(12)15/h2-10H,19H2,1H3. The molecule has 0 amide bonds. The molecule has 0 bridgehead atoms. The van der Waals surface area contributed by atoms with Gasteiger partial charge in [0.2, 0.25) is 0 Å². The number of fused-ring (bicyclic) bond motifs is 1. The molecule has 0 heterocycles. The van der Waals surface area contributed by atoms with Gasteiger partial charge in [0.25, 0.3) is 0 Å². The molecule has 0 aliphatic heterocycles. The van der Waals surface area contributed by atoms with E-state index in [2.05, 4.69) is 0 Å². The fourth-order valence-electron chi connectivity index (χ4n) is 2.18. The van der Waals surface area contributed by atoms with Gasteiger partial charge in [-0.25, -0.2) is 0 Å². The molecule has 0 spiro atoms. The van der Waals surface area contributed by atoms with Crippen LogP contribution in [0.1, 0.15) is 5.56 Å². The van der Waals surface area contributed by atoms with E-state index in [0.29, 0.717) is 16.5 Å². The Kier molecular flexibility index (Phi) is 3.25. The lowest BCUT2D eigenvalue weighted by Crippen LogP contribution is -1.95. The average molecular weight is 284 g/mol. The fraction of sp³-hybridized carbons (Fsp3) is 0.0588. The SMILES string of the molecule is Cc1cccc(Oc2ccc(Cl)c3ccccc23)c1N. The highest BCUT2D eigenvalue weighted by molar-refractivity contribution is 6.35. The van der Waals surface area contributed by atoms with Crippen molar-refractivity contribution in [1.29, 1.82) is 0 Å². The summed E-state index contributed by atoms with van der Waals surface area (Å²) in [6, 6.07) is 17.3. The molecule has 0 aliphatic rings. The molecule has 0 aromatic heterocycles. The van der Waals surface area contributed by atoms with Gasteiger partial charge in [0.05, 0.1) is 5.69 Å². The first-order valence-corrected chi connectivity index (χ1v) is 6.75. The van der Waals surface area contributed by atoms with Crippen molar-refractivity contribution in [3.05, 3.63) is 65.2 Å². The quantitative estimate of drug-likeness (QED) is 0.658. The van der Waals surface area contributed by atoms with Crippen LogP contribution in [0.2, 0.25) is 5.02 Å². The molecule has 3 heteroatoms. The summed E-state index contributed by atoms with van der Waals surface area (Å²) in [6.45, 7) is 1.96. The molecule has 2 N–H and O–H groups in total. The zero-order valence-corrected chi connectivity index (χ0v) is 11.8. The lowest BCUT2D eigenvalue weighted by atomic mass is 10.1. The van der Waals surface area contributed by atoms with Crippen LogP contribution in [0.25, 0.3) is 10.8 Å². The highest BCUT2D eigenvalue weighted by Gasteiger charge is 2.09. The number of benzene rings is 3. The molecule has 2 nitrogen and oxygen atoms in total. The molecule has 100 valence electrons. The fourth-order valence-corrected chi connectivity index (χ4v) is 2.41. The second-order valence-electron chi connectivity index (χ2n) is 4.68. The number of para-hydroxylation sites is 1. The van der Waals surface area contributed by atoms with Crippen LogP contribution >= 0.6 is 11.6 Å². The number of anilines is 1. The van der Waals surface area contributed by atoms with Gasteiger partial charge in [0, 0.05) is 15.8 Å². The van der Waals surface area contributed by atoms with E-state index >= 15 is 0 Å². The first kappa shape index (κ1) is 12.8. The number of hydrogen-bond donors (Lipinski definition) is 1. The topological polar surface area (TPSA) is 35.2 Å². The maximum atomic E-state index is 6.21. The predicted octanol–water partition coefficient (Wildman–Crippen LogP) is 5.18. The Balaban J connectivity index is 2.12. The van der Waals surface area contributed by atoms with Crippen molar-refractivity contribution < 1.29 is 4.74 Å². The van der Waals surface area contributed by atoms with Crippen molar-refractivity contribution in [3.8, 4) is 11.5 Å². The van der Waals surface area contributed by atoms with E-state index in [-0.39, 0.29) is 0 Å². The monoisotopic (exact) mass is 283 g/mol. The number of nitrogen functional groups attached to an aromatic ring is 1. The van der Waals surface area contributed by atoms with Gasteiger partial charge in [-0.1, -0.05) is 48.0 Å². The van der Waals surface area contributed by atoms with E-state index in [4.69, 9.17) is 22.1 Å². The smallest absolute Gasteiger partial charge is 0.150 e. The normalized spacial score (nSPS) is 10.7.